The van der Waals surface area contributed by atoms with Gasteiger partial charge in [0.1, 0.15) is 28.3 Å². The molecule has 0 radical (unpaired) electrons. The highest BCUT2D eigenvalue weighted by atomic mass is 32.1. The first-order chi connectivity index (χ1) is 19.8. The van der Waals surface area contributed by atoms with Crippen molar-refractivity contribution in [1.29, 1.82) is 0 Å². The number of aromatic carboxylic acids is 2. The van der Waals surface area contributed by atoms with Crippen LogP contribution in [0.5, 0.6) is 0 Å². The number of fused-ring (bicyclic) bond motifs is 3. The molecule has 0 unspecified atom stereocenters. The summed E-state index contributed by atoms with van der Waals surface area (Å²) in [6.07, 6.45) is 2.86. The molecule has 2 N–H and O–H groups in total. The number of rotatable bonds is 6. The van der Waals surface area contributed by atoms with Crippen molar-refractivity contribution in [3.05, 3.63) is 83.0 Å². The van der Waals surface area contributed by atoms with Crippen LogP contribution in [0.15, 0.2) is 75.8 Å². The molecule has 200 valence electrons. The second-order valence-corrected chi connectivity index (χ2v) is 11.4. The van der Waals surface area contributed by atoms with Gasteiger partial charge in [0.05, 0.1) is 36.8 Å². The van der Waals surface area contributed by atoms with Gasteiger partial charge in [0.25, 0.3) is 0 Å². The Balaban J connectivity index is 1.25. The number of carboxylic acids is 2. The molecule has 0 amide bonds. The van der Waals surface area contributed by atoms with Crippen LogP contribution in [-0.4, -0.2) is 42.1 Å². The fourth-order valence-electron chi connectivity index (χ4n) is 4.40. The molecule has 0 spiro atoms. The molecule has 0 aliphatic carbocycles. The molecule has 7 aromatic rings. The smallest absolute Gasteiger partial charge is 0.335 e. The molecule has 0 aromatic carbocycles. The van der Waals surface area contributed by atoms with Gasteiger partial charge in [0.2, 0.25) is 0 Å². The summed E-state index contributed by atoms with van der Waals surface area (Å²) in [4.78, 5) is 43.0. The van der Waals surface area contributed by atoms with E-state index in [4.69, 9.17) is 8.83 Å². The van der Waals surface area contributed by atoms with Crippen LogP contribution in [-0.2, 0) is 0 Å². The largest absolute Gasteiger partial charge is 0.478 e. The predicted octanol–water partition coefficient (Wildman–Crippen LogP) is 7.25. The average Bonchev–Trinajstić information content (AvgIpc) is 3.75. The Morgan fingerprint density at radius 1 is 0.683 bits per heavy atom. The SMILES string of the molecule is Cc1cc2oc3cc(-c4ccc(-c5ccnc(-c6cc(C(=O)O)cc(-c7cc(C(=O)O)ccn7)n6)n5)o4)sc3c2s1. The van der Waals surface area contributed by atoms with Gasteiger partial charge in [-0.2, -0.15) is 0 Å². The quantitative estimate of drug-likeness (QED) is 0.205. The van der Waals surface area contributed by atoms with Crippen LogP contribution < -0.4 is 0 Å². The number of pyridine rings is 2. The summed E-state index contributed by atoms with van der Waals surface area (Å²) in [5, 5.41) is 19.0. The van der Waals surface area contributed by atoms with Gasteiger partial charge in [-0.15, -0.1) is 22.7 Å². The molecular formula is C29H16N4O6S2. The van der Waals surface area contributed by atoms with Crippen molar-refractivity contribution >= 4 is 55.2 Å². The van der Waals surface area contributed by atoms with Crippen molar-refractivity contribution in [1.82, 2.24) is 19.9 Å². The van der Waals surface area contributed by atoms with E-state index in [1.165, 1.54) is 41.5 Å². The van der Waals surface area contributed by atoms with E-state index in [9.17, 15) is 19.8 Å². The highest BCUT2D eigenvalue weighted by Gasteiger charge is 2.19. The highest BCUT2D eigenvalue weighted by molar-refractivity contribution is 7.28. The number of aromatic nitrogens is 4. The van der Waals surface area contributed by atoms with E-state index in [0.717, 1.165) is 25.4 Å². The Morgan fingerprint density at radius 2 is 1.39 bits per heavy atom. The predicted molar refractivity (Wildman–Crippen MR) is 153 cm³/mol. The third-order valence-electron chi connectivity index (χ3n) is 6.27. The summed E-state index contributed by atoms with van der Waals surface area (Å²) < 4.78 is 14.4. The van der Waals surface area contributed by atoms with E-state index < -0.39 is 11.9 Å². The lowest BCUT2D eigenvalue weighted by atomic mass is 10.1. The number of hydrogen-bond acceptors (Lipinski definition) is 10. The lowest BCUT2D eigenvalue weighted by Crippen LogP contribution is -2.03. The summed E-state index contributed by atoms with van der Waals surface area (Å²) in [6, 6.07) is 14.7. The van der Waals surface area contributed by atoms with Crippen molar-refractivity contribution < 1.29 is 28.6 Å². The fourth-order valence-corrected chi connectivity index (χ4v) is 6.53. The Hall–Kier alpha value is -5.20. The molecular weight excluding hydrogens is 564 g/mol. The van der Waals surface area contributed by atoms with E-state index in [-0.39, 0.29) is 34.0 Å². The molecule has 0 fully saturated rings. The Bertz CT molecular complexity index is 2160. The zero-order valence-electron chi connectivity index (χ0n) is 21.0. The lowest BCUT2D eigenvalue weighted by Gasteiger charge is -2.07. The number of furan rings is 2. The maximum Gasteiger partial charge on any atom is 0.335 e. The van der Waals surface area contributed by atoms with E-state index in [0.29, 0.717) is 17.2 Å². The van der Waals surface area contributed by atoms with Gasteiger partial charge >= 0.3 is 11.9 Å². The third kappa shape index (κ3) is 4.44. The summed E-state index contributed by atoms with van der Waals surface area (Å²) in [5.74, 6) is -0.994. The molecule has 41 heavy (non-hydrogen) atoms. The fraction of sp³-hybridized carbons (Fsp3) is 0.0345. The maximum absolute atomic E-state index is 11.9. The lowest BCUT2D eigenvalue weighted by molar-refractivity contribution is 0.0686. The molecule has 0 saturated carbocycles. The van der Waals surface area contributed by atoms with Crippen LogP contribution in [0, 0.1) is 6.92 Å². The van der Waals surface area contributed by atoms with Crippen LogP contribution in [0.4, 0.5) is 0 Å². The van der Waals surface area contributed by atoms with Crippen molar-refractivity contribution in [2.24, 2.45) is 0 Å². The van der Waals surface area contributed by atoms with Crippen LogP contribution in [0.3, 0.4) is 0 Å². The highest BCUT2D eigenvalue weighted by Crippen LogP contribution is 2.43. The van der Waals surface area contributed by atoms with Gasteiger partial charge in [-0.05, 0) is 55.5 Å². The van der Waals surface area contributed by atoms with Gasteiger partial charge in [-0.3, -0.25) is 4.98 Å². The number of carboxylic acid groups (broad SMARTS) is 2. The number of carbonyl (C=O) groups is 2. The van der Waals surface area contributed by atoms with E-state index in [1.54, 1.807) is 28.7 Å². The third-order valence-corrected chi connectivity index (χ3v) is 8.60. The van der Waals surface area contributed by atoms with Gasteiger partial charge in [0.15, 0.2) is 11.6 Å². The first kappa shape index (κ1) is 24.8. The molecule has 0 atom stereocenters. The number of nitrogens with zero attached hydrogens (tertiary/aromatic N) is 4. The number of aryl methyl sites for hydroxylation is 1. The van der Waals surface area contributed by atoms with Gasteiger partial charge in [-0.25, -0.2) is 24.5 Å². The van der Waals surface area contributed by atoms with Crippen molar-refractivity contribution in [2.45, 2.75) is 6.92 Å². The number of hydrogen-bond donors (Lipinski definition) is 2. The normalized spacial score (nSPS) is 11.4. The van der Waals surface area contributed by atoms with Gasteiger partial charge in [-0.1, -0.05) is 0 Å². The molecule has 0 aliphatic heterocycles. The first-order valence-corrected chi connectivity index (χ1v) is 13.8. The zero-order valence-corrected chi connectivity index (χ0v) is 22.6. The summed E-state index contributed by atoms with van der Waals surface area (Å²) in [7, 11) is 0. The molecule has 7 heterocycles. The molecule has 10 nitrogen and oxygen atoms in total. The molecule has 0 bridgehead atoms. The van der Waals surface area contributed by atoms with Crippen LogP contribution in [0.2, 0.25) is 0 Å². The zero-order chi connectivity index (χ0) is 28.2. The van der Waals surface area contributed by atoms with E-state index >= 15 is 0 Å². The molecule has 12 heteroatoms. The first-order valence-electron chi connectivity index (χ1n) is 12.1. The Labute approximate surface area is 238 Å². The van der Waals surface area contributed by atoms with Crippen LogP contribution in [0.25, 0.3) is 65.6 Å². The number of thiophene rings is 2. The van der Waals surface area contributed by atoms with E-state index in [2.05, 4.69) is 26.9 Å². The molecule has 7 aromatic heterocycles. The van der Waals surface area contributed by atoms with Crippen LogP contribution in [0.1, 0.15) is 25.6 Å². The van der Waals surface area contributed by atoms with Crippen molar-refractivity contribution in [3.63, 3.8) is 0 Å². The monoisotopic (exact) mass is 580 g/mol. The standard InChI is InChI=1S/C29H16N4O6S2/c1-13-8-22-25(40-13)26-23(39-22)12-24(41-26)21-3-2-20(38-21)16-5-7-31-27(33-16)19-11-15(29(36)37)10-18(32-19)17-9-14(28(34)35)4-6-30-17/h2-12H,1H3,(H,34,35)(H,36,37). The Morgan fingerprint density at radius 3 is 2.22 bits per heavy atom. The Kier molecular flexibility index (Phi) is 5.73. The minimum atomic E-state index is -1.19. The van der Waals surface area contributed by atoms with Crippen molar-refractivity contribution in [2.75, 3.05) is 0 Å². The molecule has 0 aliphatic rings. The van der Waals surface area contributed by atoms with Crippen molar-refractivity contribution in [3.8, 4) is 45.0 Å². The summed E-state index contributed by atoms with van der Waals surface area (Å²) in [5.41, 5.74) is 2.68. The summed E-state index contributed by atoms with van der Waals surface area (Å²) >= 11 is 3.30. The average molecular weight is 581 g/mol. The topological polar surface area (TPSA) is 152 Å². The van der Waals surface area contributed by atoms with Gasteiger partial charge < -0.3 is 19.0 Å². The van der Waals surface area contributed by atoms with E-state index in [1.807, 2.05) is 24.3 Å². The molecule has 0 saturated heterocycles. The second kappa shape index (κ2) is 9.47. The summed E-state index contributed by atoms with van der Waals surface area (Å²) in [6.45, 7) is 2.05. The van der Waals surface area contributed by atoms with Crippen LogP contribution >= 0.6 is 22.7 Å². The van der Waals surface area contributed by atoms with Gasteiger partial charge in [0, 0.05) is 23.3 Å². The molecule has 7 rings (SSSR count). The second-order valence-electron chi connectivity index (χ2n) is 9.05. The minimum absolute atomic E-state index is 0.000533. The maximum atomic E-state index is 11.9. The minimum Gasteiger partial charge on any atom is -0.478 e.